The highest BCUT2D eigenvalue weighted by Gasteiger charge is 2.16. The molecular weight excluding hydrogens is 403 g/mol. The van der Waals surface area contributed by atoms with Gasteiger partial charge in [-0.15, -0.1) is 11.3 Å². The van der Waals surface area contributed by atoms with Gasteiger partial charge in [0, 0.05) is 11.6 Å². The molecule has 0 aliphatic carbocycles. The standard InChI is InChI=1S/C21H18F3NO3S/c1-12-5-13(2)7-16(6-12)27-10-14-8-19(29-11-14)20(26)25-17-4-3-15(22)9-18(17)28-21(23)24/h3-9,11,21H,10H2,1-2H3,(H,25,26). The Hall–Kier alpha value is -3.00. The molecule has 0 bridgehead atoms. The third-order valence-electron chi connectivity index (χ3n) is 3.89. The van der Waals surface area contributed by atoms with E-state index in [1.54, 1.807) is 11.4 Å². The number of hydrogen-bond donors (Lipinski definition) is 1. The summed E-state index contributed by atoms with van der Waals surface area (Å²) in [6.45, 7) is 1.11. The molecule has 1 N–H and O–H groups in total. The van der Waals surface area contributed by atoms with Gasteiger partial charge in [0.2, 0.25) is 0 Å². The van der Waals surface area contributed by atoms with Crippen molar-refractivity contribution in [2.45, 2.75) is 27.1 Å². The maximum Gasteiger partial charge on any atom is 0.387 e. The summed E-state index contributed by atoms with van der Waals surface area (Å²) in [5, 5.41) is 4.24. The van der Waals surface area contributed by atoms with Crippen molar-refractivity contribution < 1.29 is 27.4 Å². The lowest BCUT2D eigenvalue weighted by Gasteiger charge is -2.11. The number of carbonyl (C=O) groups is 1. The molecule has 1 aromatic heterocycles. The van der Waals surface area contributed by atoms with Gasteiger partial charge in [-0.1, -0.05) is 6.07 Å². The second-order valence-corrected chi connectivity index (χ2v) is 7.32. The number of anilines is 1. The Kier molecular flexibility index (Phi) is 6.43. The molecule has 4 nitrogen and oxygen atoms in total. The van der Waals surface area contributed by atoms with Gasteiger partial charge in [-0.05, 0) is 60.7 Å². The summed E-state index contributed by atoms with van der Waals surface area (Å²) in [5.41, 5.74) is 2.93. The van der Waals surface area contributed by atoms with Crippen LogP contribution < -0.4 is 14.8 Å². The summed E-state index contributed by atoms with van der Waals surface area (Å²) in [7, 11) is 0. The molecule has 0 aliphatic rings. The average molecular weight is 421 g/mol. The normalized spacial score (nSPS) is 10.8. The summed E-state index contributed by atoms with van der Waals surface area (Å²) in [5.74, 6) is -0.970. The summed E-state index contributed by atoms with van der Waals surface area (Å²) < 4.78 is 48.3. The fourth-order valence-corrected chi connectivity index (χ4v) is 3.52. The Morgan fingerprint density at radius 2 is 1.83 bits per heavy atom. The van der Waals surface area contributed by atoms with Gasteiger partial charge in [0.05, 0.1) is 10.6 Å². The Bertz CT molecular complexity index is 1000. The van der Waals surface area contributed by atoms with Crippen LogP contribution in [0.4, 0.5) is 18.9 Å². The number of amides is 1. The number of nitrogens with one attached hydrogen (secondary N) is 1. The molecule has 1 amide bonds. The Morgan fingerprint density at radius 1 is 1.10 bits per heavy atom. The minimum atomic E-state index is -3.14. The van der Waals surface area contributed by atoms with E-state index in [2.05, 4.69) is 10.1 Å². The lowest BCUT2D eigenvalue weighted by Crippen LogP contribution is -2.13. The van der Waals surface area contributed by atoms with Crippen molar-refractivity contribution in [2.24, 2.45) is 0 Å². The van der Waals surface area contributed by atoms with Gasteiger partial charge < -0.3 is 14.8 Å². The second-order valence-electron chi connectivity index (χ2n) is 6.40. The summed E-state index contributed by atoms with van der Waals surface area (Å²) in [6, 6.07) is 10.5. The largest absolute Gasteiger partial charge is 0.489 e. The third kappa shape index (κ3) is 5.74. The zero-order valence-corrected chi connectivity index (χ0v) is 16.5. The Morgan fingerprint density at radius 3 is 2.52 bits per heavy atom. The first-order valence-electron chi connectivity index (χ1n) is 8.64. The quantitative estimate of drug-likeness (QED) is 0.514. The molecule has 0 spiro atoms. The van der Waals surface area contributed by atoms with Crippen molar-refractivity contribution in [2.75, 3.05) is 5.32 Å². The topological polar surface area (TPSA) is 47.6 Å². The van der Waals surface area contributed by atoms with Crippen LogP contribution in [0.25, 0.3) is 0 Å². The second kappa shape index (κ2) is 9.00. The SMILES string of the molecule is Cc1cc(C)cc(OCc2csc(C(=O)Nc3ccc(F)cc3OC(F)F)c2)c1. The monoisotopic (exact) mass is 421 g/mol. The molecular formula is C21H18F3NO3S. The van der Waals surface area contributed by atoms with Crippen molar-refractivity contribution in [3.63, 3.8) is 0 Å². The van der Waals surface area contributed by atoms with E-state index >= 15 is 0 Å². The summed E-state index contributed by atoms with van der Waals surface area (Å²) in [4.78, 5) is 12.8. The zero-order valence-electron chi connectivity index (χ0n) is 15.7. The van der Waals surface area contributed by atoms with E-state index in [4.69, 9.17) is 4.74 Å². The van der Waals surface area contributed by atoms with Crippen molar-refractivity contribution in [1.29, 1.82) is 0 Å². The maximum atomic E-state index is 13.3. The average Bonchev–Trinajstić information content (AvgIpc) is 3.10. The number of carbonyl (C=O) groups excluding carboxylic acids is 1. The van der Waals surface area contributed by atoms with E-state index in [0.717, 1.165) is 34.6 Å². The molecule has 0 aliphatic heterocycles. The molecule has 0 saturated heterocycles. The van der Waals surface area contributed by atoms with E-state index in [9.17, 15) is 18.0 Å². The smallest absolute Gasteiger partial charge is 0.387 e. The molecule has 0 fully saturated rings. The summed E-state index contributed by atoms with van der Waals surface area (Å²) in [6.07, 6.45) is 0. The third-order valence-corrected chi connectivity index (χ3v) is 4.86. The van der Waals surface area contributed by atoms with Crippen LogP contribution in [0.15, 0.2) is 47.8 Å². The molecule has 3 aromatic rings. The molecule has 8 heteroatoms. The van der Waals surface area contributed by atoms with Crippen molar-refractivity contribution >= 4 is 22.9 Å². The highest BCUT2D eigenvalue weighted by Crippen LogP contribution is 2.28. The molecule has 152 valence electrons. The highest BCUT2D eigenvalue weighted by molar-refractivity contribution is 7.12. The van der Waals surface area contributed by atoms with Gasteiger partial charge in [0.25, 0.3) is 5.91 Å². The van der Waals surface area contributed by atoms with Crippen molar-refractivity contribution in [1.82, 2.24) is 0 Å². The lowest BCUT2D eigenvalue weighted by atomic mass is 10.1. The van der Waals surface area contributed by atoms with Crippen molar-refractivity contribution in [3.05, 3.63) is 75.2 Å². The van der Waals surface area contributed by atoms with Crippen LogP contribution in [0.3, 0.4) is 0 Å². The Labute approximate surface area is 169 Å². The van der Waals surface area contributed by atoms with E-state index in [0.29, 0.717) is 4.88 Å². The van der Waals surface area contributed by atoms with E-state index in [1.165, 1.54) is 17.4 Å². The van der Waals surface area contributed by atoms with Gasteiger partial charge in [-0.3, -0.25) is 4.79 Å². The zero-order chi connectivity index (χ0) is 21.0. The molecule has 1 heterocycles. The first kappa shape index (κ1) is 20.7. The van der Waals surface area contributed by atoms with Crippen LogP contribution in [-0.2, 0) is 6.61 Å². The predicted octanol–water partition coefficient (Wildman–Crippen LogP) is 5.94. The van der Waals surface area contributed by atoms with Crippen LogP contribution in [0.5, 0.6) is 11.5 Å². The maximum absolute atomic E-state index is 13.3. The number of thiophene rings is 1. The van der Waals surface area contributed by atoms with Gasteiger partial charge in [-0.2, -0.15) is 8.78 Å². The van der Waals surface area contributed by atoms with Gasteiger partial charge in [-0.25, -0.2) is 4.39 Å². The first-order valence-corrected chi connectivity index (χ1v) is 9.52. The molecule has 0 unspecified atom stereocenters. The number of benzene rings is 2. The van der Waals surface area contributed by atoms with Crippen LogP contribution in [0.1, 0.15) is 26.4 Å². The number of halogens is 3. The number of aryl methyl sites for hydroxylation is 2. The molecule has 29 heavy (non-hydrogen) atoms. The van der Waals surface area contributed by atoms with Crippen LogP contribution in [0.2, 0.25) is 0 Å². The fourth-order valence-electron chi connectivity index (χ4n) is 2.73. The number of ether oxygens (including phenoxy) is 2. The molecule has 0 atom stereocenters. The van der Waals surface area contributed by atoms with Gasteiger partial charge >= 0.3 is 6.61 Å². The number of hydrogen-bond acceptors (Lipinski definition) is 4. The van der Waals surface area contributed by atoms with E-state index < -0.39 is 24.1 Å². The molecule has 3 rings (SSSR count). The Balaban J connectivity index is 1.66. The lowest BCUT2D eigenvalue weighted by molar-refractivity contribution is -0.0495. The van der Waals surface area contributed by atoms with E-state index in [1.807, 2.05) is 32.0 Å². The molecule has 2 aromatic carbocycles. The fraction of sp³-hybridized carbons (Fsp3) is 0.190. The highest BCUT2D eigenvalue weighted by atomic mass is 32.1. The van der Waals surface area contributed by atoms with Gasteiger partial charge in [0.1, 0.15) is 18.2 Å². The van der Waals surface area contributed by atoms with Gasteiger partial charge in [0.15, 0.2) is 5.75 Å². The van der Waals surface area contributed by atoms with Crippen LogP contribution in [0, 0.1) is 19.7 Å². The minimum Gasteiger partial charge on any atom is -0.489 e. The summed E-state index contributed by atoms with van der Waals surface area (Å²) >= 11 is 1.19. The predicted molar refractivity (Wildman–Crippen MR) is 106 cm³/mol. The minimum absolute atomic E-state index is 0.0434. The van der Waals surface area contributed by atoms with Crippen molar-refractivity contribution in [3.8, 4) is 11.5 Å². The number of alkyl halides is 2. The number of rotatable bonds is 7. The first-order chi connectivity index (χ1) is 13.8. The van der Waals surface area contributed by atoms with Crippen LogP contribution >= 0.6 is 11.3 Å². The van der Waals surface area contributed by atoms with E-state index in [-0.39, 0.29) is 12.3 Å². The van der Waals surface area contributed by atoms with Crippen LogP contribution in [-0.4, -0.2) is 12.5 Å². The molecule has 0 radical (unpaired) electrons. The molecule has 0 saturated carbocycles.